The molecule has 0 amide bonds. The zero-order valence-corrected chi connectivity index (χ0v) is 13.4. The fourth-order valence-electron chi connectivity index (χ4n) is 2.11. The van der Waals surface area contributed by atoms with E-state index in [4.69, 9.17) is 0 Å². The Kier molecular flexibility index (Phi) is 5.42. The number of hydrogen-bond donors (Lipinski definition) is 1. The van der Waals surface area contributed by atoms with E-state index in [-0.39, 0.29) is 0 Å². The van der Waals surface area contributed by atoms with Crippen molar-refractivity contribution in [2.75, 3.05) is 0 Å². The number of hydrogen-bond acceptors (Lipinski definition) is 3. The van der Waals surface area contributed by atoms with Crippen LogP contribution in [0, 0.1) is 11.6 Å². The minimum absolute atomic E-state index is 0.414. The fourth-order valence-corrected chi connectivity index (χ4v) is 3.25. The average Bonchev–Trinajstić information content (AvgIpc) is 2.77. The highest BCUT2D eigenvalue weighted by atomic mass is 32.1. The Balaban J connectivity index is 2.16. The minimum Gasteiger partial charge on any atom is -0.310 e. The monoisotopic (exact) mass is 310 g/mol. The quantitative estimate of drug-likeness (QED) is 0.870. The van der Waals surface area contributed by atoms with Crippen LogP contribution >= 0.6 is 11.3 Å². The summed E-state index contributed by atoms with van der Waals surface area (Å²) in [6, 6.07) is 4.03. The molecular weight excluding hydrogens is 290 g/mol. The first-order valence-corrected chi connectivity index (χ1v) is 7.95. The van der Waals surface area contributed by atoms with Crippen LogP contribution in [-0.2, 0) is 19.4 Å². The maximum Gasteiger partial charge on any atom is 0.126 e. The second-order valence-corrected chi connectivity index (χ2v) is 6.49. The topological polar surface area (TPSA) is 24.9 Å². The van der Waals surface area contributed by atoms with Crippen molar-refractivity contribution in [1.82, 2.24) is 10.3 Å². The molecule has 0 atom stereocenters. The number of benzene rings is 1. The van der Waals surface area contributed by atoms with Crippen molar-refractivity contribution in [2.45, 2.75) is 46.2 Å². The SMILES string of the molecule is CCc1nc(Cc2cc(F)cc(F)c2)sc1CNC(C)C. The predicted octanol–water partition coefficient (Wildman–Crippen LogP) is 4.07. The van der Waals surface area contributed by atoms with Crippen LogP contribution in [-0.4, -0.2) is 11.0 Å². The van der Waals surface area contributed by atoms with Crippen molar-refractivity contribution >= 4 is 11.3 Å². The standard InChI is InChI=1S/C16H20F2N2S/c1-4-14-15(9-19-10(2)3)21-16(20-14)7-11-5-12(17)8-13(18)6-11/h5-6,8,10,19H,4,7,9H2,1-3H3. The van der Waals surface area contributed by atoms with Gasteiger partial charge < -0.3 is 5.32 Å². The molecule has 0 bridgehead atoms. The van der Waals surface area contributed by atoms with Crippen LogP contribution in [0.25, 0.3) is 0 Å². The van der Waals surface area contributed by atoms with Crippen molar-refractivity contribution in [1.29, 1.82) is 0 Å². The molecule has 0 saturated carbocycles. The third kappa shape index (κ3) is 4.58. The van der Waals surface area contributed by atoms with Gasteiger partial charge in [-0.1, -0.05) is 20.8 Å². The molecule has 0 aliphatic heterocycles. The first-order valence-electron chi connectivity index (χ1n) is 7.13. The van der Waals surface area contributed by atoms with Gasteiger partial charge in [-0.15, -0.1) is 11.3 Å². The highest BCUT2D eigenvalue weighted by molar-refractivity contribution is 7.11. The summed E-state index contributed by atoms with van der Waals surface area (Å²) in [6.07, 6.45) is 1.33. The van der Waals surface area contributed by atoms with E-state index in [0.29, 0.717) is 18.0 Å². The van der Waals surface area contributed by atoms with Gasteiger partial charge >= 0.3 is 0 Å². The van der Waals surface area contributed by atoms with E-state index >= 15 is 0 Å². The number of aryl methyl sites for hydroxylation is 1. The summed E-state index contributed by atoms with van der Waals surface area (Å²) in [4.78, 5) is 5.80. The summed E-state index contributed by atoms with van der Waals surface area (Å²) in [6.45, 7) is 7.06. The second kappa shape index (κ2) is 7.09. The van der Waals surface area contributed by atoms with Gasteiger partial charge in [0.25, 0.3) is 0 Å². The second-order valence-electron chi connectivity index (χ2n) is 5.32. The molecule has 5 heteroatoms. The van der Waals surface area contributed by atoms with Crippen LogP contribution in [0.5, 0.6) is 0 Å². The summed E-state index contributed by atoms with van der Waals surface area (Å²) in [5.74, 6) is -1.09. The maximum atomic E-state index is 13.2. The van der Waals surface area contributed by atoms with E-state index in [1.165, 1.54) is 17.0 Å². The molecule has 2 nitrogen and oxygen atoms in total. The molecule has 2 aromatic rings. The number of thiazole rings is 1. The Morgan fingerprint density at radius 3 is 2.43 bits per heavy atom. The summed E-state index contributed by atoms with van der Waals surface area (Å²) in [7, 11) is 0. The third-order valence-electron chi connectivity index (χ3n) is 3.11. The number of aromatic nitrogens is 1. The molecule has 21 heavy (non-hydrogen) atoms. The molecule has 1 heterocycles. The Labute approximate surface area is 128 Å². The summed E-state index contributed by atoms with van der Waals surface area (Å²) in [5, 5.41) is 4.28. The zero-order valence-electron chi connectivity index (χ0n) is 12.5. The number of nitrogens with one attached hydrogen (secondary N) is 1. The summed E-state index contributed by atoms with van der Waals surface area (Å²) < 4.78 is 26.4. The lowest BCUT2D eigenvalue weighted by atomic mass is 10.1. The molecule has 0 aliphatic rings. The van der Waals surface area contributed by atoms with E-state index < -0.39 is 11.6 Å². The predicted molar refractivity (Wildman–Crippen MR) is 82.6 cm³/mol. The molecule has 1 aromatic heterocycles. The van der Waals surface area contributed by atoms with Crippen LogP contribution in [0.4, 0.5) is 8.78 Å². The van der Waals surface area contributed by atoms with Gasteiger partial charge in [-0.25, -0.2) is 13.8 Å². The van der Waals surface area contributed by atoms with Gasteiger partial charge in [0.05, 0.1) is 10.7 Å². The van der Waals surface area contributed by atoms with E-state index in [9.17, 15) is 8.78 Å². The van der Waals surface area contributed by atoms with Gasteiger partial charge in [0.15, 0.2) is 0 Å². The van der Waals surface area contributed by atoms with E-state index in [0.717, 1.165) is 29.7 Å². The lowest BCUT2D eigenvalue weighted by molar-refractivity contribution is 0.580. The van der Waals surface area contributed by atoms with Crippen LogP contribution in [0.3, 0.4) is 0 Å². The average molecular weight is 310 g/mol. The van der Waals surface area contributed by atoms with E-state index in [1.54, 1.807) is 11.3 Å². The van der Waals surface area contributed by atoms with Crippen LogP contribution < -0.4 is 5.32 Å². The van der Waals surface area contributed by atoms with Gasteiger partial charge in [0.1, 0.15) is 11.6 Å². The highest BCUT2D eigenvalue weighted by Gasteiger charge is 2.11. The van der Waals surface area contributed by atoms with Crippen LogP contribution in [0.15, 0.2) is 18.2 Å². The van der Waals surface area contributed by atoms with Gasteiger partial charge in [0, 0.05) is 30.0 Å². The Hall–Kier alpha value is -1.33. The first kappa shape index (κ1) is 16.0. The molecule has 0 aliphatic carbocycles. The summed E-state index contributed by atoms with van der Waals surface area (Å²) >= 11 is 1.61. The normalized spacial score (nSPS) is 11.3. The van der Waals surface area contributed by atoms with Crippen LogP contribution in [0.1, 0.15) is 41.9 Å². The fraction of sp³-hybridized carbons (Fsp3) is 0.438. The van der Waals surface area contributed by atoms with Crippen molar-refractivity contribution in [3.05, 3.63) is 51.0 Å². The van der Waals surface area contributed by atoms with Crippen molar-refractivity contribution in [3.8, 4) is 0 Å². The molecule has 2 rings (SSSR count). The first-order chi connectivity index (χ1) is 9.97. The molecule has 0 spiro atoms. The Morgan fingerprint density at radius 2 is 1.86 bits per heavy atom. The highest BCUT2D eigenvalue weighted by Crippen LogP contribution is 2.22. The van der Waals surface area contributed by atoms with Gasteiger partial charge in [-0.2, -0.15) is 0 Å². The molecule has 1 aromatic carbocycles. The van der Waals surface area contributed by atoms with E-state index in [2.05, 4.69) is 31.1 Å². The Bertz CT molecular complexity index is 588. The van der Waals surface area contributed by atoms with Crippen molar-refractivity contribution < 1.29 is 8.78 Å². The number of nitrogens with zero attached hydrogens (tertiary/aromatic N) is 1. The van der Waals surface area contributed by atoms with Crippen LogP contribution in [0.2, 0.25) is 0 Å². The smallest absolute Gasteiger partial charge is 0.126 e. The van der Waals surface area contributed by atoms with Crippen molar-refractivity contribution in [3.63, 3.8) is 0 Å². The lowest BCUT2D eigenvalue weighted by Crippen LogP contribution is -2.21. The number of rotatable bonds is 6. The summed E-state index contributed by atoms with van der Waals surface area (Å²) in [5.41, 5.74) is 1.69. The maximum absolute atomic E-state index is 13.2. The van der Waals surface area contributed by atoms with E-state index in [1.807, 2.05) is 0 Å². The molecule has 0 saturated heterocycles. The molecule has 114 valence electrons. The van der Waals surface area contributed by atoms with Gasteiger partial charge in [-0.05, 0) is 24.1 Å². The largest absolute Gasteiger partial charge is 0.310 e. The molecular formula is C16H20F2N2S. The molecule has 1 N–H and O–H groups in total. The molecule has 0 fully saturated rings. The third-order valence-corrected chi connectivity index (χ3v) is 4.20. The zero-order chi connectivity index (χ0) is 15.4. The van der Waals surface area contributed by atoms with Gasteiger partial charge in [-0.3, -0.25) is 0 Å². The van der Waals surface area contributed by atoms with Gasteiger partial charge in [0.2, 0.25) is 0 Å². The molecule has 0 radical (unpaired) electrons. The molecule has 0 unspecified atom stereocenters. The lowest BCUT2D eigenvalue weighted by Gasteiger charge is -2.06. The minimum atomic E-state index is -0.543. The van der Waals surface area contributed by atoms with Crippen molar-refractivity contribution in [2.24, 2.45) is 0 Å². The Morgan fingerprint density at radius 1 is 1.19 bits per heavy atom. The number of halogens is 2.